The van der Waals surface area contributed by atoms with Gasteiger partial charge in [0.25, 0.3) is 0 Å². The lowest BCUT2D eigenvalue weighted by molar-refractivity contribution is -0.111. The van der Waals surface area contributed by atoms with Gasteiger partial charge in [0.05, 0.1) is 6.54 Å². The lowest BCUT2D eigenvalue weighted by atomic mass is 9.85. The highest BCUT2D eigenvalue weighted by Crippen LogP contribution is 2.27. The fraction of sp³-hybridized carbons (Fsp3) is 0.857. The van der Waals surface area contributed by atoms with E-state index in [1.807, 2.05) is 0 Å². The minimum absolute atomic E-state index is 0.461. The van der Waals surface area contributed by atoms with E-state index in [4.69, 9.17) is 0 Å². The second-order valence-electron chi connectivity index (χ2n) is 3.50. The highest BCUT2D eigenvalue weighted by atomic mass is 16.1. The Bertz CT molecular complexity index is 112. The monoisotopic (exact) mass is 127 g/mol. The quantitative estimate of drug-likeness (QED) is 0.504. The molecule has 0 aromatic rings. The molecule has 0 radical (unpaired) electrons. The molecule has 9 heavy (non-hydrogen) atoms. The summed E-state index contributed by atoms with van der Waals surface area (Å²) >= 11 is 0. The maximum Gasteiger partial charge on any atom is 0.133 e. The lowest BCUT2D eigenvalue weighted by Gasteiger charge is -2.44. The summed E-state index contributed by atoms with van der Waals surface area (Å²) in [5.41, 5.74) is 0.461. The van der Waals surface area contributed by atoms with E-state index in [1.54, 1.807) is 0 Å². The Morgan fingerprint density at radius 1 is 1.56 bits per heavy atom. The Hall–Kier alpha value is -0.370. The summed E-state index contributed by atoms with van der Waals surface area (Å²) in [6, 6.07) is 0. The van der Waals surface area contributed by atoms with Crippen LogP contribution in [0.4, 0.5) is 0 Å². The molecule has 52 valence electrons. The van der Waals surface area contributed by atoms with Crippen LogP contribution in [-0.2, 0) is 4.79 Å². The van der Waals surface area contributed by atoms with E-state index in [0.29, 0.717) is 12.0 Å². The van der Waals surface area contributed by atoms with Gasteiger partial charge in [0.15, 0.2) is 0 Å². The van der Waals surface area contributed by atoms with Crippen LogP contribution in [0, 0.1) is 5.41 Å². The number of hydrogen-bond acceptors (Lipinski definition) is 2. The molecule has 0 saturated carbocycles. The second-order valence-corrected chi connectivity index (χ2v) is 3.50. The van der Waals surface area contributed by atoms with E-state index in [9.17, 15) is 4.79 Å². The van der Waals surface area contributed by atoms with Gasteiger partial charge in [0, 0.05) is 13.1 Å². The normalized spacial score (nSPS) is 25.1. The van der Waals surface area contributed by atoms with Crippen molar-refractivity contribution in [1.29, 1.82) is 0 Å². The molecule has 1 aliphatic rings. The third kappa shape index (κ3) is 1.52. The Labute approximate surface area is 55.8 Å². The second kappa shape index (κ2) is 2.10. The van der Waals surface area contributed by atoms with E-state index in [2.05, 4.69) is 18.7 Å². The Morgan fingerprint density at radius 2 is 2.11 bits per heavy atom. The van der Waals surface area contributed by atoms with E-state index in [0.717, 1.165) is 19.4 Å². The predicted octanol–water partition coefficient (Wildman–Crippen LogP) is 0.527. The minimum Gasteiger partial charge on any atom is -0.302 e. The highest BCUT2D eigenvalue weighted by Gasteiger charge is 2.33. The van der Waals surface area contributed by atoms with Gasteiger partial charge >= 0.3 is 0 Å². The maximum atomic E-state index is 9.98. The first-order valence-corrected chi connectivity index (χ1v) is 3.30. The summed E-state index contributed by atoms with van der Waals surface area (Å²) in [6.45, 7) is 7.20. The molecule has 1 heterocycles. The molecular weight excluding hydrogens is 114 g/mol. The Kier molecular flexibility index (Phi) is 1.58. The van der Waals surface area contributed by atoms with Crippen LogP contribution in [0.5, 0.6) is 0 Å². The number of carbonyl (C=O) groups excluding carboxylic acids is 1. The molecule has 2 heteroatoms. The molecule has 1 rings (SSSR count). The van der Waals surface area contributed by atoms with Gasteiger partial charge in [0.2, 0.25) is 0 Å². The van der Waals surface area contributed by atoms with Crippen LogP contribution < -0.4 is 0 Å². The SMILES string of the molecule is CC1(C)CN(CC=O)C1. The molecule has 1 saturated heterocycles. The summed E-state index contributed by atoms with van der Waals surface area (Å²) in [4.78, 5) is 12.1. The number of nitrogens with zero attached hydrogens (tertiary/aromatic N) is 1. The van der Waals surface area contributed by atoms with Crippen LogP contribution in [0.15, 0.2) is 0 Å². The highest BCUT2D eigenvalue weighted by molar-refractivity contribution is 5.52. The van der Waals surface area contributed by atoms with Crippen molar-refractivity contribution in [1.82, 2.24) is 4.90 Å². The maximum absolute atomic E-state index is 9.98. The summed E-state index contributed by atoms with van der Waals surface area (Å²) in [6.07, 6.45) is 0.968. The molecule has 0 aliphatic carbocycles. The smallest absolute Gasteiger partial charge is 0.133 e. The van der Waals surface area contributed by atoms with Gasteiger partial charge in [-0.15, -0.1) is 0 Å². The lowest BCUT2D eigenvalue weighted by Crippen LogP contribution is -2.53. The first kappa shape index (κ1) is 6.75. The first-order valence-electron chi connectivity index (χ1n) is 3.30. The van der Waals surface area contributed by atoms with E-state index in [1.165, 1.54) is 0 Å². The largest absolute Gasteiger partial charge is 0.302 e. The van der Waals surface area contributed by atoms with Gasteiger partial charge in [-0.05, 0) is 5.41 Å². The zero-order chi connectivity index (χ0) is 6.91. The van der Waals surface area contributed by atoms with Gasteiger partial charge in [-0.2, -0.15) is 0 Å². The van der Waals surface area contributed by atoms with Gasteiger partial charge in [-0.1, -0.05) is 13.8 Å². The molecule has 1 aliphatic heterocycles. The fourth-order valence-electron chi connectivity index (χ4n) is 1.40. The van der Waals surface area contributed by atoms with Crippen LogP contribution in [0.3, 0.4) is 0 Å². The molecule has 1 fully saturated rings. The van der Waals surface area contributed by atoms with Gasteiger partial charge in [-0.3, -0.25) is 4.90 Å². The third-order valence-electron chi connectivity index (χ3n) is 1.64. The third-order valence-corrected chi connectivity index (χ3v) is 1.64. The molecule has 0 spiro atoms. The average molecular weight is 127 g/mol. The zero-order valence-electron chi connectivity index (χ0n) is 6.05. The summed E-state index contributed by atoms with van der Waals surface area (Å²) in [5.74, 6) is 0. The van der Waals surface area contributed by atoms with Crippen LogP contribution >= 0.6 is 0 Å². The van der Waals surface area contributed by atoms with E-state index >= 15 is 0 Å². The minimum atomic E-state index is 0.461. The average Bonchev–Trinajstić information content (AvgIpc) is 1.62. The van der Waals surface area contributed by atoms with Gasteiger partial charge < -0.3 is 4.79 Å². The number of carbonyl (C=O) groups is 1. The van der Waals surface area contributed by atoms with Crippen molar-refractivity contribution in [2.45, 2.75) is 13.8 Å². The molecule has 2 nitrogen and oxygen atoms in total. The van der Waals surface area contributed by atoms with Crippen molar-refractivity contribution in [3.63, 3.8) is 0 Å². The zero-order valence-corrected chi connectivity index (χ0v) is 6.05. The van der Waals surface area contributed by atoms with Gasteiger partial charge in [0.1, 0.15) is 6.29 Å². The standard InChI is InChI=1S/C7H13NO/c1-7(2)5-8(6-7)3-4-9/h4H,3,5-6H2,1-2H3. The van der Waals surface area contributed by atoms with Crippen molar-refractivity contribution in [2.24, 2.45) is 5.41 Å². The van der Waals surface area contributed by atoms with Crippen molar-refractivity contribution in [2.75, 3.05) is 19.6 Å². The Morgan fingerprint density at radius 3 is 2.44 bits per heavy atom. The molecule has 0 aromatic heterocycles. The van der Waals surface area contributed by atoms with Crippen LogP contribution in [0.1, 0.15) is 13.8 Å². The molecule has 0 aromatic carbocycles. The summed E-state index contributed by atoms with van der Waals surface area (Å²) < 4.78 is 0. The van der Waals surface area contributed by atoms with Crippen LogP contribution in [0.2, 0.25) is 0 Å². The van der Waals surface area contributed by atoms with Gasteiger partial charge in [-0.25, -0.2) is 0 Å². The number of rotatable bonds is 2. The predicted molar refractivity (Wildman–Crippen MR) is 36.3 cm³/mol. The molecule has 0 unspecified atom stereocenters. The molecule has 0 atom stereocenters. The van der Waals surface area contributed by atoms with Crippen LogP contribution in [-0.4, -0.2) is 30.8 Å². The van der Waals surface area contributed by atoms with Crippen molar-refractivity contribution >= 4 is 6.29 Å². The fourth-order valence-corrected chi connectivity index (χ4v) is 1.40. The van der Waals surface area contributed by atoms with E-state index < -0.39 is 0 Å². The van der Waals surface area contributed by atoms with Crippen molar-refractivity contribution in [3.05, 3.63) is 0 Å². The van der Waals surface area contributed by atoms with Crippen molar-refractivity contribution in [3.8, 4) is 0 Å². The molecule has 0 amide bonds. The van der Waals surface area contributed by atoms with Crippen molar-refractivity contribution < 1.29 is 4.79 Å². The first-order chi connectivity index (χ1) is 4.14. The number of aldehydes is 1. The molecular formula is C7H13NO. The summed E-state index contributed by atoms with van der Waals surface area (Å²) in [7, 11) is 0. The molecule has 0 N–H and O–H groups in total. The Balaban J connectivity index is 2.19. The van der Waals surface area contributed by atoms with E-state index in [-0.39, 0.29) is 0 Å². The molecule has 0 bridgehead atoms. The number of hydrogen-bond donors (Lipinski definition) is 0. The van der Waals surface area contributed by atoms with Crippen LogP contribution in [0.25, 0.3) is 0 Å². The number of likely N-dealkylation sites (tertiary alicyclic amines) is 1. The summed E-state index contributed by atoms with van der Waals surface area (Å²) in [5, 5.41) is 0. The topological polar surface area (TPSA) is 20.3 Å².